The summed E-state index contributed by atoms with van der Waals surface area (Å²) in [7, 11) is -3.20. The van der Waals surface area contributed by atoms with Gasteiger partial charge in [0, 0.05) is 23.3 Å². The van der Waals surface area contributed by atoms with Crippen molar-refractivity contribution in [2.24, 2.45) is 5.92 Å². The molecule has 0 bridgehead atoms. The fourth-order valence-corrected chi connectivity index (χ4v) is 5.14. The first-order valence-electron chi connectivity index (χ1n) is 10.7. The number of nitrogens with one attached hydrogen (secondary N) is 1. The van der Waals surface area contributed by atoms with E-state index in [1.54, 1.807) is 18.3 Å². The van der Waals surface area contributed by atoms with E-state index in [1.165, 1.54) is 31.9 Å². The van der Waals surface area contributed by atoms with E-state index in [1.807, 2.05) is 32.0 Å². The molecule has 1 saturated carbocycles. The van der Waals surface area contributed by atoms with E-state index in [9.17, 15) is 8.42 Å². The zero-order valence-electron chi connectivity index (χ0n) is 17.9. The van der Waals surface area contributed by atoms with Gasteiger partial charge >= 0.3 is 0 Å². The molecule has 2 aromatic heterocycles. The highest BCUT2D eigenvalue weighted by Gasteiger charge is 2.24. The minimum Gasteiger partial charge on any atom is -0.489 e. The Morgan fingerprint density at radius 3 is 2.47 bits per heavy atom. The second-order valence-corrected chi connectivity index (χ2v) is 10.8. The highest BCUT2D eigenvalue weighted by atomic mass is 32.2. The normalized spacial score (nSPS) is 16.4. The molecule has 5 nitrogen and oxygen atoms in total. The third-order valence-electron chi connectivity index (χ3n) is 5.97. The van der Waals surface area contributed by atoms with Gasteiger partial charge in [-0.15, -0.1) is 0 Å². The van der Waals surface area contributed by atoms with E-state index in [4.69, 9.17) is 4.74 Å². The Morgan fingerprint density at radius 2 is 1.83 bits per heavy atom. The maximum Gasteiger partial charge on any atom is 0.175 e. The molecule has 160 valence electrons. The molecule has 1 aromatic carbocycles. The lowest BCUT2D eigenvalue weighted by Gasteiger charge is -2.20. The maximum atomic E-state index is 11.9. The van der Waals surface area contributed by atoms with Crippen LogP contribution >= 0.6 is 0 Å². The summed E-state index contributed by atoms with van der Waals surface area (Å²) in [6, 6.07) is 11.6. The highest BCUT2D eigenvalue weighted by molar-refractivity contribution is 7.90. The molecule has 2 heterocycles. The Balaban J connectivity index is 1.70. The largest absolute Gasteiger partial charge is 0.489 e. The Bertz CT molecular complexity index is 1110. The number of nitrogens with zero attached hydrogens (tertiary/aromatic N) is 1. The molecule has 0 unspecified atom stereocenters. The van der Waals surface area contributed by atoms with Crippen LogP contribution in [0.1, 0.15) is 63.1 Å². The second-order valence-electron chi connectivity index (χ2n) is 8.78. The lowest BCUT2D eigenvalue weighted by molar-refractivity contribution is 0.242. The third-order valence-corrected chi connectivity index (χ3v) is 7.10. The van der Waals surface area contributed by atoms with Crippen LogP contribution in [0.5, 0.6) is 5.75 Å². The maximum absolute atomic E-state index is 11.9. The predicted molar refractivity (Wildman–Crippen MR) is 120 cm³/mol. The number of H-pyrrole nitrogens is 1. The van der Waals surface area contributed by atoms with Gasteiger partial charge < -0.3 is 9.72 Å². The minimum absolute atomic E-state index is 0.103. The van der Waals surface area contributed by atoms with Crippen LogP contribution in [-0.2, 0) is 9.84 Å². The number of benzene rings is 1. The average Bonchev–Trinajstić information content (AvgIpc) is 3.34. The van der Waals surface area contributed by atoms with Gasteiger partial charge in [-0.3, -0.25) is 0 Å². The molecule has 1 aliphatic rings. The second kappa shape index (κ2) is 8.42. The van der Waals surface area contributed by atoms with E-state index < -0.39 is 9.84 Å². The van der Waals surface area contributed by atoms with Crippen molar-refractivity contribution in [2.45, 2.75) is 62.9 Å². The van der Waals surface area contributed by atoms with Crippen LogP contribution in [-0.4, -0.2) is 30.7 Å². The number of ether oxygens (including phenoxy) is 1. The van der Waals surface area contributed by atoms with Crippen molar-refractivity contribution in [3.63, 3.8) is 0 Å². The molecule has 30 heavy (non-hydrogen) atoms. The van der Waals surface area contributed by atoms with E-state index in [0.29, 0.717) is 10.8 Å². The number of aromatic amines is 1. The molecular formula is C24H30N2O3S. The lowest BCUT2D eigenvalue weighted by atomic mass is 9.85. The molecule has 3 aromatic rings. The Hall–Kier alpha value is -2.34. The number of aromatic nitrogens is 2. The van der Waals surface area contributed by atoms with Crippen LogP contribution in [0.3, 0.4) is 0 Å². The van der Waals surface area contributed by atoms with Gasteiger partial charge in [0.2, 0.25) is 0 Å². The first kappa shape index (κ1) is 20.9. The molecular weight excluding hydrogens is 396 g/mol. The number of hydrogen-bond donors (Lipinski definition) is 1. The summed E-state index contributed by atoms with van der Waals surface area (Å²) in [4.78, 5) is 8.42. The van der Waals surface area contributed by atoms with Crippen molar-refractivity contribution < 1.29 is 13.2 Å². The summed E-state index contributed by atoms with van der Waals surface area (Å²) in [5.74, 6) is 1.65. The molecule has 1 aliphatic carbocycles. The summed E-state index contributed by atoms with van der Waals surface area (Å²) in [6.45, 7) is 4.01. The van der Waals surface area contributed by atoms with Gasteiger partial charge in [0.25, 0.3) is 0 Å². The zero-order valence-corrected chi connectivity index (χ0v) is 18.7. The fraction of sp³-hybridized carbons (Fsp3) is 0.458. The summed E-state index contributed by atoms with van der Waals surface area (Å²) < 4.78 is 29.5. The predicted octanol–water partition coefficient (Wildman–Crippen LogP) is 5.47. The third kappa shape index (κ3) is 4.69. The van der Waals surface area contributed by atoms with Gasteiger partial charge in [0.1, 0.15) is 11.4 Å². The smallest absolute Gasteiger partial charge is 0.175 e. The minimum atomic E-state index is -3.20. The molecule has 0 aliphatic heterocycles. The molecule has 1 atom stereocenters. The van der Waals surface area contributed by atoms with E-state index in [2.05, 4.69) is 16.0 Å². The van der Waals surface area contributed by atoms with Crippen LogP contribution in [0, 0.1) is 5.92 Å². The van der Waals surface area contributed by atoms with E-state index >= 15 is 0 Å². The van der Waals surface area contributed by atoms with Gasteiger partial charge in [0.05, 0.1) is 17.2 Å². The van der Waals surface area contributed by atoms with E-state index in [0.717, 1.165) is 34.5 Å². The molecule has 4 rings (SSSR count). The van der Waals surface area contributed by atoms with Crippen LogP contribution in [0.4, 0.5) is 0 Å². The quantitative estimate of drug-likeness (QED) is 0.544. The van der Waals surface area contributed by atoms with Crippen LogP contribution in [0.25, 0.3) is 11.0 Å². The van der Waals surface area contributed by atoms with Gasteiger partial charge in [-0.2, -0.15) is 0 Å². The molecule has 0 amide bonds. The van der Waals surface area contributed by atoms with Gasteiger partial charge in [-0.25, -0.2) is 13.4 Å². The Labute approximate surface area is 178 Å². The molecule has 1 fully saturated rings. The highest BCUT2D eigenvalue weighted by Crippen LogP contribution is 2.38. The van der Waals surface area contributed by atoms with E-state index in [-0.39, 0.29) is 12.0 Å². The molecule has 1 N–H and O–H groups in total. The summed E-state index contributed by atoms with van der Waals surface area (Å²) in [5.41, 5.74) is 3.11. The van der Waals surface area contributed by atoms with Gasteiger partial charge in [-0.1, -0.05) is 37.8 Å². The van der Waals surface area contributed by atoms with Crippen LogP contribution in [0.15, 0.2) is 47.5 Å². The van der Waals surface area contributed by atoms with Crippen molar-refractivity contribution >= 4 is 20.9 Å². The SMILES string of the molecule is CC(C)Oc1cnc2[nH]c([C@H](CC3CCCC3)c3ccc(S(C)(=O)=O)cc3)cc2c1. The van der Waals surface area contributed by atoms with Crippen molar-refractivity contribution in [2.75, 3.05) is 6.26 Å². The van der Waals surface area contributed by atoms with Crippen LogP contribution < -0.4 is 4.74 Å². The number of hydrogen-bond acceptors (Lipinski definition) is 4. The topological polar surface area (TPSA) is 72.0 Å². The monoisotopic (exact) mass is 426 g/mol. The molecule has 0 radical (unpaired) electrons. The molecule has 0 spiro atoms. The zero-order chi connectivity index (χ0) is 21.3. The van der Waals surface area contributed by atoms with Gasteiger partial charge in [0.15, 0.2) is 9.84 Å². The lowest BCUT2D eigenvalue weighted by Crippen LogP contribution is -2.08. The number of rotatable bonds is 7. The first-order valence-corrected chi connectivity index (χ1v) is 12.6. The van der Waals surface area contributed by atoms with Crippen LogP contribution in [0.2, 0.25) is 0 Å². The van der Waals surface area contributed by atoms with Crippen molar-refractivity contribution in [3.05, 3.63) is 53.9 Å². The Morgan fingerprint density at radius 1 is 1.13 bits per heavy atom. The van der Waals surface area contributed by atoms with Gasteiger partial charge in [-0.05, 0) is 56.0 Å². The number of sulfone groups is 1. The Kier molecular flexibility index (Phi) is 5.87. The van der Waals surface area contributed by atoms with Crippen molar-refractivity contribution in [3.8, 4) is 5.75 Å². The van der Waals surface area contributed by atoms with Crippen molar-refractivity contribution in [1.29, 1.82) is 0 Å². The fourth-order valence-electron chi connectivity index (χ4n) is 4.51. The molecule has 6 heteroatoms. The first-order chi connectivity index (χ1) is 14.3. The average molecular weight is 427 g/mol. The summed E-state index contributed by atoms with van der Waals surface area (Å²) >= 11 is 0. The summed E-state index contributed by atoms with van der Waals surface area (Å²) in [5, 5.41) is 1.03. The van der Waals surface area contributed by atoms with Crippen molar-refractivity contribution in [1.82, 2.24) is 9.97 Å². The number of pyridine rings is 1. The number of fused-ring (bicyclic) bond motifs is 1. The standard InChI is InChI=1S/C24H30N2O3S/c1-16(2)29-20-13-19-14-23(26-24(19)25-15-20)22(12-17-6-4-5-7-17)18-8-10-21(11-9-18)30(3,27)28/h8-11,13-17,22H,4-7,12H2,1-3H3,(H,25,26)/t22-/m1/s1. The molecule has 0 saturated heterocycles. The summed E-state index contributed by atoms with van der Waals surface area (Å²) in [6.07, 6.45) is 9.30.